The molecule has 1 heterocycles. The Balaban J connectivity index is 1.24. The van der Waals surface area contributed by atoms with Crippen molar-refractivity contribution in [3.05, 3.63) is 70.8 Å². The van der Waals surface area contributed by atoms with Gasteiger partial charge in [-0.05, 0) is 35.1 Å². The number of hydrogen-bond acceptors (Lipinski definition) is 4. The number of fused-ring (bicyclic) bond motifs is 2. The summed E-state index contributed by atoms with van der Waals surface area (Å²) in [6, 6.07) is 17.5. The van der Waals surface area contributed by atoms with Crippen molar-refractivity contribution in [1.82, 2.24) is 9.80 Å². The predicted molar refractivity (Wildman–Crippen MR) is 110 cm³/mol. The molecule has 0 aromatic heterocycles. The van der Waals surface area contributed by atoms with Crippen molar-refractivity contribution in [3.63, 3.8) is 0 Å². The zero-order valence-electron chi connectivity index (χ0n) is 16.4. The molecule has 4 atom stereocenters. The maximum atomic E-state index is 10.7. The summed E-state index contributed by atoms with van der Waals surface area (Å²) in [5.74, 6) is 0. The number of nitrogens with zero attached hydrogens (tertiary/aromatic N) is 2. The summed E-state index contributed by atoms with van der Waals surface area (Å²) in [5, 5.41) is 21.5. The van der Waals surface area contributed by atoms with E-state index in [4.69, 9.17) is 0 Å². The average Bonchev–Trinajstić information content (AvgIpc) is 2.73. The normalized spacial score (nSPS) is 31.2. The highest BCUT2D eigenvalue weighted by Crippen LogP contribution is 2.28. The van der Waals surface area contributed by atoms with Crippen LogP contribution in [0.4, 0.5) is 0 Å². The Bertz CT molecular complexity index is 761. The molecule has 148 valence electrons. The van der Waals surface area contributed by atoms with E-state index < -0.39 is 0 Å². The van der Waals surface area contributed by atoms with E-state index in [1.54, 1.807) is 0 Å². The van der Waals surface area contributed by atoms with Crippen LogP contribution >= 0.6 is 0 Å². The first kappa shape index (κ1) is 18.3. The largest absolute Gasteiger partial charge is 0.391 e. The molecule has 0 radical (unpaired) electrons. The van der Waals surface area contributed by atoms with Gasteiger partial charge in [0.1, 0.15) is 0 Å². The van der Waals surface area contributed by atoms with Crippen molar-refractivity contribution in [2.75, 3.05) is 26.2 Å². The van der Waals surface area contributed by atoms with Crippen LogP contribution < -0.4 is 0 Å². The van der Waals surface area contributed by atoms with E-state index >= 15 is 0 Å². The van der Waals surface area contributed by atoms with Gasteiger partial charge in [-0.1, -0.05) is 48.5 Å². The third kappa shape index (κ3) is 3.39. The van der Waals surface area contributed by atoms with Crippen LogP contribution in [0, 0.1) is 0 Å². The lowest BCUT2D eigenvalue weighted by Gasteiger charge is -2.46. The first-order chi connectivity index (χ1) is 13.7. The van der Waals surface area contributed by atoms with Gasteiger partial charge in [-0.15, -0.1) is 0 Å². The Labute approximate surface area is 167 Å². The highest BCUT2D eigenvalue weighted by molar-refractivity contribution is 5.33. The zero-order chi connectivity index (χ0) is 19.1. The molecular weight excluding hydrogens is 348 g/mol. The second-order valence-corrected chi connectivity index (χ2v) is 8.70. The molecule has 4 unspecified atom stereocenters. The lowest BCUT2D eigenvalue weighted by Crippen LogP contribution is -2.60. The molecule has 4 nitrogen and oxygen atoms in total. The minimum Gasteiger partial charge on any atom is -0.391 e. The fraction of sp³-hybridized carbons (Fsp3) is 0.500. The number of piperazine rings is 1. The van der Waals surface area contributed by atoms with E-state index in [1.807, 2.05) is 0 Å². The van der Waals surface area contributed by atoms with Gasteiger partial charge in [0.25, 0.3) is 0 Å². The fourth-order valence-corrected chi connectivity index (χ4v) is 5.50. The van der Waals surface area contributed by atoms with Crippen molar-refractivity contribution in [3.8, 4) is 0 Å². The quantitative estimate of drug-likeness (QED) is 0.835. The Hall–Kier alpha value is -1.72. The molecule has 0 saturated carbocycles. The van der Waals surface area contributed by atoms with Gasteiger partial charge in [-0.2, -0.15) is 0 Å². The van der Waals surface area contributed by atoms with Crippen molar-refractivity contribution >= 4 is 0 Å². The molecule has 1 saturated heterocycles. The number of rotatable bonds is 2. The summed E-state index contributed by atoms with van der Waals surface area (Å²) in [4.78, 5) is 4.94. The van der Waals surface area contributed by atoms with Crippen LogP contribution in [0.3, 0.4) is 0 Å². The van der Waals surface area contributed by atoms with Crippen molar-refractivity contribution in [2.45, 2.75) is 50.0 Å². The summed E-state index contributed by atoms with van der Waals surface area (Å²) >= 11 is 0. The third-order valence-corrected chi connectivity index (χ3v) is 7.13. The van der Waals surface area contributed by atoms with E-state index in [1.165, 1.54) is 22.3 Å². The standard InChI is InChI=1S/C24H30N2O2/c27-23-15-19-7-3-1-5-17(19)13-21(23)25-9-11-26(12-10-25)22-14-18-6-2-4-8-20(18)16-24(22)28/h1-8,21-24,27-28H,9-16H2. The third-order valence-electron chi connectivity index (χ3n) is 7.13. The summed E-state index contributed by atoms with van der Waals surface area (Å²) in [6.07, 6.45) is 2.84. The molecule has 4 heteroatoms. The maximum Gasteiger partial charge on any atom is 0.0739 e. The van der Waals surface area contributed by atoms with Crippen LogP contribution in [0.25, 0.3) is 0 Å². The summed E-state index contributed by atoms with van der Waals surface area (Å²) in [5.41, 5.74) is 5.38. The van der Waals surface area contributed by atoms with Crippen molar-refractivity contribution < 1.29 is 10.2 Å². The molecule has 2 N–H and O–H groups in total. The summed E-state index contributed by atoms with van der Waals surface area (Å²) in [6.45, 7) is 3.87. The lowest BCUT2D eigenvalue weighted by atomic mass is 9.84. The Morgan fingerprint density at radius 1 is 0.536 bits per heavy atom. The van der Waals surface area contributed by atoms with Gasteiger partial charge in [0.2, 0.25) is 0 Å². The SMILES string of the molecule is OC1Cc2ccccc2CC1N1CCN(C2Cc3ccccc3CC2O)CC1. The molecule has 1 aliphatic heterocycles. The number of hydrogen-bond donors (Lipinski definition) is 2. The fourth-order valence-electron chi connectivity index (χ4n) is 5.50. The topological polar surface area (TPSA) is 46.9 Å². The molecule has 2 aromatic carbocycles. The number of benzene rings is 2. The van der Waals surface area contributed by atoms with Crippen LogP contribution in [0.1, 0.15) is 22.3 Å². The molecule has 1 fully saturated rings. The second kappa shape index (κ2) is 7.60. The van der Waals surface area contributed by atoms with E-state index in [0.29, 0.717) is 0 Å². The predicted octanol–water partition coefficient (Wildman–Crippen LogP) is 1.66. The van der Waals surface area contributed by atoms with Crippen LogP contribution in [0.15, 0.2) is 48.5 Å². The first-order valence-electron chi connectivity index (χ1n) is 10.7. The van der Waals surface area contributed by atoms with Gasteiger partial charge in [-0.25, -0.2) is 0 Å². The molecule has 2 aliphatic carbocycles. The van der Waals surface area contributed by atoms with Gasteiger partial charge < -0.3 is 10.2 Å². The van der Waals surface area contributed by atoms with Gasteiger partial charge in [-0.3, -0.25) is 9.80 Å². The first-order valence-corrected chi connectivity index (χ1v) is 10.7. The van der Waals surface area contributed by atoms with Crippen LogP contribution in [-0.4, -0.2) is 70.5 Å². The highest BCUT2D eigenvalue weighted by Gasteiger charge is 2.37. The maximum absolute atomic E-state index is 10.7. The van der Waals surface area contributed by atoms with E-state index in [9.17, 15) is 10.2 Å². The second-order valence-electron chi connectivity index (χ2n) is 8.70. The molecule has 0 bridgehead atoms. The van der Waals surface area contributed by atoms with Gasteiger partial charge in [0, 0.05) is 51.1 Å². The molecule has 0 amide bonds. The van der Waals surface area contributed by atoms with E-state index in [2.05, 4.69) is 58.3 Å². The van der Waals surface area contributed by atoms with Gasteiger partial charge >= 0.3 is 0 Å². The molecule has 28 heavy (non-hydrogen) atoms. The Morgan fingerprint density at radius 3 is 1.21 bits per heavy atom. The van der Waals surface area contributed by atoms with Gasteiger partial charge in [0.15, 0.2) is 0 Å². The number of aliphatic hydroxyl groups excluding tert-OH is 2. The molecule has 0 spiro atoms. The summed E-state index contributed by atoms with van der Waals surface area (Å²) < 4.78 is 0. The van der Waals surface area contributed by atoms with E-state index in [-0.39, 0.29) is 24.3 Å². The molecule has 5 rings (SSSR count). The molecular formula is C24H30N2O2. The highest BCUT2D eigenvalue weighted by atomic mass is 16.3. The minimum atomic E-state index is -0.284. The number of aliphatic hydroxyl groups is 2. The average molecular weight is 379 g/mol. The lowest BCUT2D eigenvalue weighted by molar-refractivity contribution is -0.0200. The van der Waals surface area contributed by atoms with E-state index in [0.717, 1.165) is 51.9 Å². The zero-order valence-corrected chi connectivity index (χ0v) is 16.4. The van der Waals surface area contributed by atoms with Crippen LogP contribution in [-0.2, 0) is 25.7 Å². The monoisotopic (exact) mass is 378 g/mol. The van der Waals surface area contributed by atoms with Crippen molar-refractivity contribution in [2.24, 2.45) is 0 Å². The minimum absolute atomic E-state index is 0.217. The van der Waals surface area contributed by atoms with Crippen molar-refractivity contribution in [1.29, 1.82) is 0 Å². The Morgan fingerprint density at radius 2 is 0.857 bits per heavy atom. The summed E-state index contributed by atoms with van der Waals surface area (Å²) in [7, 11) is 0. The van der Waals surface area contributed by atoms with Crippen LogP contribution in [0.2, 0.25) is 0 Å². The molecule has 2 aromatic rings. The molecule has 3 aliphatic rings. The Kier molecular flexibility index (Phi) is 4.97. The smallest absolute Gasteiger partial charge is 0.0739 e. The van der Waals surface area contributed by atoms with Crippen LogP contribution in [0.5, 0.6) is 0 Å². The van der Waals surface area contributed by atoms with Gasteiger partial charge in [0.05, 0.1) is 12.2 Å².